The molecule has 0 aliphatic heterocycles. The number of esters is 1. The van der Waals surface area contributed by atoms with Gasteiger partial charge in [-0.1, -0.05) is 0 Å². The Morgan fingerprint density at radius 3 is 2.30 bits per heavy atom. The second kappa shape index (κ2) is 8.71. The van der Waals surface area contributed by atoms with Crippen molar-refractivity contribution in [2.45, 2.75) is 13.0 Å². The van der Waals surface area contributed by atoms with E-state index < -0.39 is 19.9 Å². The molecule has 0 aromatic heterocycles. The zero-order valence-electron chi connectivity index (χ0n) is 12.7. The Morgan fingerprint density at radius 2 is 1.85 bits per heavy atom. The van der Waals surface area contributed by atoms with Crippen LogP contribution in [0.4, 0.5) is 0 Å². The quantitative estimate of drug-likeness (QED) is 0.354. The smallest absolute Gasteiger partial charge is 0.458 e. The van der Waals surface area contributed by atoms with E-state index in [9.17, 15) is 14.3 Å². The number of hydrogen-bond acceptors (Lipinski definition) is 6. The van der Waals surface area contributed by atoms with Gasteiger partial charge in [0.1, 0.15) is 19.3 Å². The highest BCUT2D eigenvalue weighted by atomic mass is 31.2. The average molecular weight is 314 g/mol. The van der Waals surface area contributed by atoms with Crippen molar-refractivity contribution in [3.63, 3.8) is 0 Å². The minimum absolute atomic E-state index is 0.0679. The van der Waals surface area contributed by atoms with Crippen LogP contribution in [0.25, 0.3) is 0 Å². The molecule has 0 spiro atoms. The van der Waals surface area contributed by atoms with Gasteiger partial charge in [0, 0.05) is 14.0 Å². The lowest BCUT2D eigenvalue weighted by molar-refractivity contribution is -0.870. The number of methoxy groups -OCH3 is 1. The van der Waals surface area contributed by atoms with E-state index in [-0.39, 0.29) is 19.8 Å². The monoisotopic (exact) mass is 314 g/mol. The Kier molecular flexibility index (Phi) is 8.50. The molecule has 0 aromatic rings. The van der Waals surface area contributed by atoms with Gasteiger partial charge in [0.25, 0.3) is 0 Å². The van der Waals surface area contributed by atoms with Crippen molar-refractivity contribution in [1.82, 2.24) is 0 Å². The molecule has 0 radical (unpaired) electrons. The van der Waals surface area contributed by atoms with Crippen LogP contribution >= 0.6 is 7.82 Å². The van der Waals surface area contributed by atoms with Crippen LogP contribution in [0, 0.1) is 0 Å². The van der Waals surface area contributed by atoms with E-state index in [1.165, 1.54) is 14.0 Å². The average Bonchev–Trinajstić information content (AvgIpc) is 2.23. The minimum atomic E-state index is -4.16. The molecule has 1 N–H and O–H groups in total. The molecule has 0 saturated heterocycles. The van der Waals surface area contributed by atoms with Gasteiger partial charge in [-0.05, 0) is 0 Å². The van der Waals surface area contributed by atoms with Crippen LogP contribution < -0.4 is 0 Å². The number of carbonyl (C=O) groups excluding carboxylic acids is 1. The van der Waals surface area contributed by atoms with Gasteiger partial charge in [-0.2, -0.15) is 0 Å². The summed E-state index contributed by atoms with van der Waals surface area (Å²) in [4.78, 5) is 20.3. The number of hydrogen-bond donors (Lipinski definition) is 1. The molecule has 0 amide bonds. The Labute approximate surface area is 119 Å². The summed E-state index contributed by atoms with van der Waals surface area (Å²) in [6.07, 6.45) is -0.750. The summed E-state index contributed by atoms with van der Waals surface area (Å²) >= 11 is 0. The Balaban J connectivity index is 4.16. The van der Waals surface area contributed by atoms with Crippen LogP contribution in [0.5, 0.6) is 0 Å². The predicted molar refractivity (Wildman–Crippen MR) is 72.1 cm³/mol. The molecule has 0 aromatic carbocycles. The van der Waals surface area contributed by atoms with E-state index in [4.69, 9.17) is 18.5 Å². The van der Waals surface area contributed by atoms with Crippen LogP contribution in [0.1, 0.15) is 6.92 Å². The molecule has 0 bridgehead atoms. The fourth-order valence-electron chi connectivity index (χ4n) is 1.18. The maximum atomic E-state index is 11.6. The topological polar surface area (TPSA) is 91.3 Å². The maximum Gasteiger partial charge on any atom is 0.472 e. The van der Waals surface area contributed by atoms with Gasteiger partial charge in [0.2, 0.25) is 0 Å². The molecule has 2 atom stereocenters. The van der Waals surface area contributed by atoms with E-state index in [0.29, 0.717) is 11.0 Å². The van der Waals surface area contributed by atoms with Crippen LogP contribution in [0.15, 0.2) is 0 Å². The lowest BCUT2D eigenvalue weighted by Gasteiger charge is -2.24. The molecule has 8 nitrogen and oxygen atoms in total. The highest BCUT2D eigenvalue weighted by Gasteiger charge is 2.25. The first-order valence-electron chi connectivity index (χ1n) is 6.14. The number of phosphoric ester groups is 1. The van der Waals surface area contributed by atoms with Crippen molar-refractivity contribution in [2.75, 3.05) is 54.6 Å². The van der Waals surface area contributed by atoms with Crippen LogP contribution in [-0.4, -0.2) is 76.1 Å². The highest BCUT2D eigenvalue weighted by molar-refractivity contribution is 7.47. The molecule has 120 valence electrons. The molecule has 0 heterocycles. The molecule has 1 unspecified atom stereocenters. The number of phosphoric acid groups is 1. The molecule has 0 aliphatic rings. The molecular weight excluding hydrogens is 289 g/mol. The first-order chi connectivity index (χ1) is 9.06. The molecule has 0 rings (SSSR count). The van der Waals surface area contributed by atoms with Crippen molar-refractivity contribution in [3.8, 4) is 0 Å². The van der Waals surface area contributed by atoms with Gasteiger partial charge in [-0.25, -0.2) is 4.57 Å². The number of nitrogens with zero attached hydrogens (tertiary/aromatic N) is 1. The van der Waals surface area contributed by atoms with Crippen molar-refractivity contribution in [2.24, 2.45) is 0 Å². The standard InChI is InChI=1S/C11H24NO7P/c1-10(13)19-11(8-16-5)9-18-20(14,15)17-7-6-12(2,3)4/h11H,6-9H2,1-5H3/p+1/t11-/m1/s1. The van der Waals surface area contributed by atoms with Crippen molar-refractivity contribution >= 4 is 13.8 Å². The van der Waals surface area contributed by atoms with Gasteiger partial charge in [-0.15, -0.1) is 0 Å². The molecular formula is C11H25NO7P+. The van der Waals surface area contributed by atoms with E-state index in [2.05, 4.69) is 0 Å². The molecule has 0 aliphatic carbocycles. The summed E-state index contributed by atoms with van der Waals surface area (Å²) in [6, 6.07) is 0. The summed E-state index contributed by atoms with van der Waals surface area (Å²) in [5.74, 6) is -0.519. The van der Waals surface area contributed by atoms with E-state index >= 15 is 0 Å². The summed E-state index contributed by atoms with van der Waals surface area (Å²) in [7, 11) is 3.06. The molecule has 20 heavy (non-hydrogen) atoms. The van der Waals surface area contributed by atoms with E-state index in [1.54, 1.807) is 0 Å². The van der Waals surface area contributed by atoms with Crippen molar-refractivity contribution in [3.05, 3.63) is 0 Å². The van der Waals surface area contributed by atoms with Gasteiger partial charge >= 0.3 is 13.8 Å². The van der Waals surface area contributed by atoms with Crippen molar-refractivity contribution in [1.29, 1.82) is 0 Å². The number of likely N-dealkylation sites (N-methyl/N-ethyl adjacent to an activating group) is 1. The normalized spacial score (nSPS) is 16.5. The molecule has 0 saturated carbocycles. The largest absolute Gasteiger partial charge is 0.472 e. The third kappa shape index (κ3) is 11.3. The molecule has 9 heteroatoms. The third-order valence-electron chi connectivity index (χ3n) is 2.13. The van der Waals surface area contributed by atoms with E-state index in [1.807, 2.05) is 21.1 Å². The van der Waals surface area contributed by atoms with Gasteiger partial charge in [-0.3, -0.25) is 13.8 Å². The SMILES string of the molecule is COC[C@H](COP(=O)(O)OCC[N+](C)(C)C)OC(C)=O. The Morgan fingerprint density at radius 1 is 1.25 bits per heavy atom. The predicted octanol–water partition coefficient (Wildman–Crippen LogP) is 0.404. The number of carbonyl (C=O) groups is 1. The minimum Gasteiger partial charge on any atom is -0.458 e. The number of rotatable bonds is 10. The van der Waals surface area contributed by atoms with Crippen LogP contribution in [0.2, 0.25) is 0 Å². The first-order valence-corrected chi connectivity index (χ1v) is 7.64. The Bertz CT molecular complexity index is 342. The van der Waals surface area contributed by atoms with E-state index in [0.717, 1.165) is 0 Å². The van der Waals surface area contributed by atoms with Crippen LogP contribution in [-0.2, 0) is 27.9 Å². The first kappa shape index (κ1) is 19.5. The van der Waals surface area contributed by atoms with Crippen molar-refractivity contribution < 1.29 is 37.3 Å². The molecule has 0 fully saturated rings. The zero-order chi connectivity index (χ0) is 15.8. The fraction of sp³-hybridized carbons (Fsp3) is 0.909. The summed E-state index contributed by atoms with van der Waals surface area (Å²) < 4.78 is 31.5. The van der Waals surface area contributed by atoms with Gasteiger partial charge in [0.05, 0.1) is 34.4 Å². The maximum absolute atomic E-state index is 11.6. The Hall–Kier alpha value is -0.500. The second-order valence-corrected chi connectivity index (χ2v) is 6.75. The lowest BCUT2D eigenvalue weighted by atomic mass is 10.4. The number of quaternary nitrogens is 1. The fourth-order valence-corrected chi connectivity index (χ4v) is 1.92. The van der Waals surface area contributed by atoms with Gasteiger partial charge in [0.15, 0.2) is 0 Å². The summed E-state index contributed by atoms with van der Waals surface area (Å²) in [5, 5.41) is 0. The zero-order valence-corrected chi connectivity index (χ0v) is 13.6. The lowest BCUT2D eigenvalue weighted by Crippen LogP contribution is -2.37. The summed E-state index contributed by atoms with van der Waals surface area (Å²) in [5.41, 5.74) is 0. The second-order valence-electron chi connectivity index (χ2n) is 5.30. The van der Waals surface area contributed by atoms with Gasteiger partial charge < -0.3 is 18.9 Å². The highest BCUT2D eigenvalue weighted by Crippen LogP contribution is 2.43. The summed E-state index contributed by atoms with van der Waals surface area (Å²) in [6.45, 7) is 1.67. The number of ether oxygens (including phenoxy) is 2. The van der Waals surface area contributed by atoms with Crippen LogP contribution in [0.3, 0.4) is 0 Å². The third-order valence-corrected chi connectivity index (χ3v) is 3.11.